The molecule has 0 bridgehead atoms. The minimum absolute atomic E-state index is 0.00464. The van der Waals surface area contributed by atoms with Crippen LogP contribution in [0.4, 0.5) is 0 Å². The minimum Gasteiger partial charge on any atom is -0.353 e. The third kappa shape index (κ3) is 3.80. The summed E-state index contributed by atoms with van der Waals surface area (Å²) in [6.07, 6.45) is 2.54. The van der Waals surface area contributed by atoms with Crippen LogP contribution in [-0.2, 0) is 11.2 Å². The van der Waals surface area contributed by atoms with E-state index in [-0.39, 0.29) is 23.9 Å². The molecule has 1 amide bonds. The summed E-state index contributed by atoms with van der Waals surface area (Å²) >= 11 is 0. The topological polar surface area (TPSA) is 66.0 Å². The van der Waals surface area contributed by atoms with Gasteiger partial charge in [0.2, 0.25) is 5.91 Å². The standard InChI is InChI=1S/C19H24N4O/c1-13-7-6-10-20-17(13)11-14(2)22-19(24)16-12-21-23-18(16)15-8-4-3-5-9-15/h3-10,14,16,18,21,23H,11-12H2,1-2H3,(H,22,24). The molecule has 24 heavy (non-hydrogen) atoms. The second kappa shape index (κ2) is 7.55. The van der Waals surface area contributed by atoms with Crippen LogP contribution in [-0.4, -0.2) is 23.5 Å². The van der Waals surface area contributed by atoms with Gasteiger partial charge in [-0.1, -0.05) is 36.4 Å². The molecule has 0 saturated carbocycles. The van der Waals surface area contributed by atoms with Crippen molar-refractivity contribution >= 4 is 5.91 Å². The van der Waals surface area contributed by atoms with Crippen LogP contribution in [0.2, 0.25) is 0 Å². The fraction of sp³-hybridized carbons (Fsp3) is 0.368. The molecule has 1 aromatic heterocycles. The van der Waals surface area contributed by atoms with E-state index in [4.69, 9.17) is 0 Å². The molecule has 2 heterocycles. The number of carbonyl (C=O) groups is 1. The Balaban J connectivity index is 1.62. The molecule has 126 valence electrons. The van der Waals surface area contributed by atoms with Crippen LogP contribution in [0.15, 0.2) is 48.7 Å². The summed E-state index contributed by atoms with van der Waals surface area (Å²) in [7, 11) is 0. The third-order valence-corrected chi connectivity index (χ3v) is 4.48. The van der Waals surface area contributed by atoms with Crippen LogP contribution in [0, 0.1) is 12.8 Å². The molecule has 1 aliphatic heterocycles. The highest BCUT2D eigenvalue weighted by molar-refractivity contribution is 5.80. The number of benzene rings is 1. The van der Waals surface area contributed by atoms with Crippen LogP contribution in [0.3, 0.4) is 0 Å². The molecule has 2 aromatic rings. The summed E-state index contributed by atoms with van der Waals surface area (Å²) < 4.78 is 0. The minimum atomic E-state index is -0.125. The molecule has 1 aromatic carbocycles. The Morgan fingerprint density at radius 2 is 2.08 bits per heavy atom. The Bertz CT molecular complexity index is 689. The van der Waals surface area contributed by atoms with Crippen molar-refractivity contribution in [2.24, 2.45) is 5.92 Å². The Labute approximate surface area is 142 Å². The lowest BCUT2D eigenvalue weighted by atomic mass is 9.94. The number of nitrogens with one attached hydrogen (secondary N) is 3. The average molecular weight is 324 g/mol. The first-order valence-corrected chi connectivity index (χ1v) is 8.39. The summed E-state index contributed by atoms with van der Waals surface area (Å²) in [4.78, 5) is 17.1. The predicted molar refractivity (Wildman–Crippen MR) is 94.1 cm³/mol. The number of carbonyl (C=O) groups excluding carboxylic acids is 1. The Kier molecular flexibility index (Phi) is 5.23. The van der Waals surface area contributed by atoms with E-state index >= 15 is 0 Å². The molecule has 5 heteroatoms. The van der Waals surface area contributed by atoms with Gasteiger partial charge in [0.25, 0.3) is 0 Å². The zero-order valence-electron chi connectivity index (χ0n) is 14.1. The Morgan fingerprint density at radius 1 is 1.29 bits per heavy atom. The maximum absolute atomic E-state index is 12.7. The molecule has 0 spiro atoms. The van der Waals surface area contributed by atoms with E-state index in [9.17, 15) is 4.79 Å². The second-order valence-corrected chi connectivity index (χ2v) is 6.40. The van der Waals surface area contributed by atoms with Crippen LogP contribution in [0.25, 0.3) is 0 Å². The van der Waals surface area contributed by atoms with Crippen LogP contribution < -0.4 is 16.2 Å². The van der Waals surface area contributed by atoms with E-state index in [1.54, 1.807) is 6.20 Å². The van der Waals surface area contributed by atoms with Gasteiger partial charge < -0.3 is 5.32 Å². The number of pyridine rings is 1. The molecule has 3 rings (SSSR count). The van der Waals surface area contributed by atoms with Gasteiger partial charge in [-0.2, -0.15) is 0 Å². The number of hydrogen-bond donors (Lipinski definition) is 3. The summed E-state index contributed by atoms with van der Waals surface area (Å²) in [5, 5.41) is 3.14. The highest BCUT2D eigenvalue weighted by Gasteiger charge is 2.34. The highest BCUT2D eigenvalue weighted by Crippen LogP contribution is 2.24. The predicted octanol–water partition coefficient (Wildman–Crippen LogP) is 1.90. The Morgan fingerprint density at radius 3 is 2.83 bits per heavy atom. The lowest BCUT2D eigenvalue weighted by Crippen LogP contribution is -2.41. The number of nitrogens with zero attached hydrogens (tertiary/aromatic N) is 1. The van der Waals surface area contributed by atoms with Gasteiger partial charge in [-0.25, -0.2) is 5.43 Å². The smallest absolute Gasteiger partial charge is 0.226 e. The summed E-state index contributed by atoms with van der Waals surface area (Å²) in [5.74, 6) is -0.0536. The van der Waals surface area contributed by atoms with Gasteiger partial charge in [0.05, 0.1) is 12.0 Å². The summed E-state index contributed by atoms with van der Waals surface area (Å²) in [5.41, 5.74) is 9.64. The number of hydrazine groups is 1. The van der Waals surface area contributed by atoms with Crippen molar-refractivity contribution in [3.8, 4) is 0 Å². The van der Waals surface area contributed by atoms with Gasteiger partial charge in [0, 0.05) is 30.9 Å². The maximum atomic E-state index is 12.7. The molecule has 3 unspecified atom stereocenters. The fourth-order valence-corrected chi connectivity index (χ4v) is 3.14. The van der Waals surface area contributed by atoms with Crippen molar-refractivity contribution < 1.29 is 4.79 Å². The van der Waals surface area contributed by atoms with Crippen LogP contribution >= 0.6 is 0 Å². The molecule has 0 aliphatic carbocycles. The van der Waals surface area contributed by atoms with Gasteiger partial charge >= 0.3 is 0 Å². The average Bonchev–Trinajstić information content (AvgIpc) is 3.07. The largest absolute Gasteiger partial charge is 0.353 e. The van der Waals surface area contributed by atoms with Gasteiger partial charge in [-0.3, -0.25) is 15.2 Å². The van der Waals surface area contributed by atoms with Gasteiger partial charge in [0.15, 0.2) is 0 Å². The number of aryl methyl sites for hydroxylation is 1. The quantitative estimate of drug-likeness (QED) is 0.786. The summed E-state index contributed by atoms with van der Waals surface area (Å²) in [6.45, 7) is 4.70. The van der Waals surface area contributed by atoms with Crippen molar-refractivity contribution in [1.29, 1.82) is 0 Å². The molecule has 5 nitrogen and oxygen atoms in total. The van der Waals surface area contributed by atoms with E-state index < -0.39 is 0 Å². The first-order valence-electron chi connectivity index (χ1n) is 8.39. The van der Waals surface area contributed by atoms with Crippen LogP contribution in [0.5, 0.6) is 0 Å². The lowest BCUT2D eigenvalue weighted by Gasteiger charge is -2.21. The molecule has 3 N–H and O–H groups in total. The van der Waals surface area contributed by atoms with Crippen molar-refractivity contribution in [2.45, 2.75) is 32.4 Å². The third-order valence-electron chi connectivity index (χ3n) is 4.48. The van der Waals surface area contributed by atoms with Gasteiger partial charge in [-0.05, 0) is 31.0 Å². The zero-order chi connectivity index (χ0) is 16.9. The molecule has 3 atom stereocenters. The molecule has 1 saturated heterocycles. The van der Waals surface area contributed by atoms with Crippen LogP contribution in [0.1, 0.15) is 29.8 Å². The van der Waals surface area contributed by atoms with Crippen molar-refractivity contribution in [3.05, 3.63) is 65.5 Å². The van der Waals surface area contributed by atoms with E-state index in [0.29, 0.717) is 6.54 Å². The molecular weight excluding hydrogens is 300 g/mol. The zero-order valence-corrected chi connectivity index (χ0v) is 14.1. The second-order valence-electron chi connectivity index (χ2n) is 6.40. The van der Waals surface area contributed by atoms with Crippen molar-refractivity contribution in [3.63, 3.8) is 0 Å². The van der Waals surface area contributed by atoms with Gasteiger partial charge in [0.1, 0.15) is 0 Å². The lowest BCUT2D eigenvalue weighted by molar-refractivity contribution is -0.125. The molecule has 1 fully saturated rings. The SMILES string of the molecule is Cc1cccnc1CC(C)NC(=O)C1CNNC1c1ccccc1. The number of hydrogen-bond acceptors (Lipinski definition) is 4. The number of aromatic nitrogens is 1. The number of amides is 1. The van der Waals surface area contributed by atoms with E-state index in [0.717, 1.165) is 23.2 Å². The summed E-state index contributed by atoms with van der Waals surface area (Å²) in [6, 6.07) is 14.1. The van der Waals surface area contributed by atoms with Crippen molar-refractivity contribution in [2.75, 3.05) is 6.54 Å². The Hall–Kier alpha value is -2.24. The molecule has 1 aliphatic rings. The molecular formula is C19H24N4O. The van der Waals surface area contributed by atoms with E-state index in [2.05, 4.69) is 21.2 Å². The molecule has 0 radical (unpaired) electrons. The first-order chi connectivity index (χ1) is 11.6. The van der Waals surface area contributed by atoms with E-state index in [1.807, 2.05) is 56.3 Å². The van der Waals surface area contributed by atoms with Crippen molar-refractivity contribution in [1.82, 2.24) is 21.2 Å². The maximum Gasteiger partial charge on any atom is 0.226 e. The normalized spacial score (nSPS) is 21.4. The fourth-order valence-electron chi connectivity index (χ4n) is 3.14. The highest BCUT2D eigenvalue weighted by atomic mass is 16.2. The van der Waals surface area contributed by atoms with E-state index in [1.165, 1.54) is 0 Å². The first kappa shape index (κ1) is 16.6. The number of rotatable bonds is 5. The monoisotopic (exact) mass is 324 g/mol. The van der Waals surface area contributed by atoms with Gasteiger partial charge in [-0.15, -0.1) is 0 Å².